The maximum atomic E-state index is 12.3. The second-order valence-corrected chi connectivity index (χ2v) is 7.39. The van der Waals surface area contributed by atoms with E-state index in [0.29, 0.717) is 12.2 Å². The van der Waals surface area contributed by atoms with Crippen LogP contribution in [0, 0.1) is 5.41 Å². The molecule has 0 heterocycles. The number of phenols is 1. The van der Waals surface area contributed by atoms with Crippen LogP contribution in [0.4, 0.5) is 5.69 Å². The first-order valence-electron chi connectivity index (χ1n) is 5.95. The molecule has 0 spiro atoms. The average Bonchev–Trinajstić information content (AvgIpc) is 2.13. The first-order valence-corrected chi connectivity index (χ1v) is 7.56. The summed E-state index contributed by atoms with van der Waals surface area (Å²) in [5.74, 6) is 0.139. The van der Waals surface area contributed by atoms with Crippen molar-refractivity contribution in [1.29, 1.82) is 0 Å². The summed E-state index contributed by atoms with van der Waals surface area (Å²) in [5.41, 5.74) is 0.199. The Bertz CT molecular complexity index is 503. The highest BCUT2D eigenvalue weighted by Gasteiger charge is 2.27. The van der Waals surface area contributed by atoms with E-state index in [2.05, 4.69) is 0 Å². The highest BCUT2D eigenvalue weighted by atomic mass is 32.2. The summed E-state index contributed by atoms with van der Waals surface area (Å²) in [5, 5.41) is 9.43. The molecule has 0 aliphatic heterocycles. The van der Waals surface area contributed by atoms with E-state index in [1.54, 1.807) is 19.1 Å². The number of rotatable bonds is 4. The molecule has 0 radical (unpaired) electrons. The predicted molar refractivity (Wildman–Crippen MR) is 74.4 cm³/mol. The third-order valence-electron chi connectivity index (χ3n) is 2.36. The molecule has 102 valence electrons. The molecule has 0 saturated carbocycles. The van der Waals surface area contributed by atoms with Crippen molar-refractivity contribution in [3.8, 4) is 5.75 Å². The van der Waals surface area contributed by atoms with Crippen LogP contribution in [0.3, 0.4) is 0 Å². The third-order valence-corrected chi connectivity index (χ3v) is 4.73. The number of nitrogens with zero attached hydrogens (tertiary/aromatic N) is 1. The normalized spacial score (nSPS) is 12.4. The minimum atomic E-state index is -3.38. The highest BCUT2D eigenvalue weighted by Crippen LogP contribution is 2.26. The van der Waals surface area contributed by atoms with Gasteiger partial charge < -0.3 is 5.11 Å². The van der Waals surface area contributed by atoms with Crippen LogP contribution in [0.1, 0.15) is 27.7 Å². The van der Waals surface area contributed by atoms with Gasteiger partial charge in [0.1, 0.15) is 5.75 Å². The Hall–Kier alpha value is -1.23. The van der Waals surface area contributed by atoms with Gasteiger partial charge in [-0.2, -0.15) is 0 Å². The molecule has 1 rings (SSSR count). The van der Waals surface area contributed by atoms with Crippen LogP contribution >= 0.6 is 0 Å². The number of benzene rings is 1. The molecule has 0 fully saturated rings. The van der Waals surface area contributed by atoms with E-state index in [4.69, 9.17) is 0 Å². The van der Waals surface area contributed by atoms with E-state index in [0.717, 1.165) is 0 Å². The maximum Gasteiger partial charge on any atom is 0.235 e. The van der Waals surface area contributed by atoms with E-state index in [-0.39, 0.29) is 16.9 Å². The summed E-state index contributed by atoms with van der Waals surface area (Å²) in [4.78, 5) is 0. The van der Waals surface area contributed by atoms with Crippen LogP contribution in [0.25, 0.3) is 0 Å². The van der Waals surface area contributed by atoms with Crippen molar-refractivity contribution in [2.24, 2.45) is 5.41 Å². The number of hydrogen-bond donors (Lipinski definition) is 1. The zero-order chi connectivity index (χ0) is 14.0. The largest absolute Gasteiger partial charge is 0.508 e. The molecule has 0 unspecified atom stereocenters. The number of hydrogen-bond acceptors (Lipinski definition) is 3. The minimum Gasteiger partial charge on any atom is -0.508 e. The summed E-state index contributed by atoms with van der Waals surface area (Å²) in [6, 6.07) is 6.31. The standard InChI is InChI=1S/C13H21NO3S/c1-5-14(11-7-6-8-12(15)9-11)18(16,17)10-13(2,3)4/h6-9,15H,5,10H2,1-4H3. The summed E-state index contributed by atoms with van der Waals surface area (Å²) in [6.45, 7) is 7.80. The SMILES string of the molecule is CCN(c1cccc(O)c1)S(=O)(=O)CC(C)(C)C. The van der Waals surface area contributed by atoms with Gasteiger partial charge in [-0.15, -0.1) is 0 Å². The predicted octanol–water partition coefficient (Wildman–Crippen LogP) is 2.59. The van der Waals surface area contributed by atoms with E-state index in [1.807, 2.05) is 20.8 Å². The Labute approximate surface area is 109 Å². The molecule has 0 atom stereocenters. The summed E-state index contributed by atoms with van der Waals surface area (Å²) in [7, 11) is -3.38. The number of aromatic hydroxyl groups is 1. The summed E-state index contributed by atoms with van der Waals surface area (Å²) in [6.07, 6.45) is 0. The van der Waals surface area contributed by atoms with Crippen LogP contribution in [-0.4, -0.2) is 25.8 Å². The smallest absolute Gasteiger partial charge is 0.235 e. The van der Waals surface area contributed by atoms with Crippen LogP contribution < -0.4 is 4.31 Å². The van der Waals surface area contributed by atoms with E-state index >= 15 is 0 Å². The van der Waals surface area contributed by atoms with Gasteiger partial charge in [0.15, 0.2) is 0 Å². The molecule has 1 aromatic rings. The molecule has 0 aliphatic carbocycles. The van der Waals surface area contributed by atoms with Crippen molar-refractivity contribution in [2.75, 3.05) is 16.6 Å². The van der Waals surface area contributed by atoms with Gasteiger partial charge in [-0.1, -0.05) is 26.8 Å². The molecular formula is C13H21NO3S. The molecule has 18 heavy (non-hydrogen) atoms. The molecule has 0 aromatic heterocycles. The first-order chi connectivity index (χ1) is 8.15. The second-order valence-electron chi connectivity index (χ2n) is 5.50. The molecule has 0 amide bonds. The van der Waals surface area contributed by atoms with Gasteiger partial charge in [-0.05, 0) is 24.5 Å². The van der Waals surface area contributed by atoms with Gasteiger partial charge in [-0.3, -0.25) is 4.31 Å². The maximum absolute atomic E-state index is 12.3. The lowest BCUT2D eigenvalue weighted by molar-refractivity contribution is 0.460. The molecule has 1 aromatic carbocycles. The molecule has 0 bridgehead atoms. The fraction of sp³-hybridized carbons (Fsp3) is 0.538. The molecule has 0 saturated heterocycles. The van der Waals surface area contributed by atoms with Gasteiger partial charge in [0, 0.05) is 12.6 Å². The van der Waals surface area contributed by atoms with Gasteiger partial charge >= 0.3 is 0 Å². The van der Waals surface area contributed by atoms with Crippen LogP contribution in [0.5, 0.6) is 5.75 Å². The Morgan fingerprint density at radius 2 is 1.89 bits per heavy atom. The summed E-state index contributed by atoms with van der Waals surface area (Å²) < 4.78 is 26.0. The molecule has 5 heteroatoms. The Morgan fingerprint density at radius 3 is 2.33 bits per heavy atom. The van der Waals surface area contributed by atoms with Gasteiger partial charge in [-0.25, -0.2) is 8.42 Å². The lowest BCUT2D eigenvalue weighted by Gasteiger charge is -2.27. The number of sulfonamides is 1. The quantitative estimate of drug-likeness (QED) is 0.915. The lowest BCUT2D eigenvalue weighted by atomic mass is 10.0. The molecular weight excluding hydrogens is 250 g/mol. The van der Waals surface area contributed by atoms with Gasteiger partial charge in [0.25, 0.3) is 0 Å². The molecule has 1 N–H and O–H groups in total. The van der Waals surface area contributed by atoms with E-state index in [9.17, 15) is 13.5 Å². The first kappa shape index (κ1) is 14.8. The zero-order valence-corrected chi connectivity index (χ0v) is 12.2. The van der Waals surface area contributed by atoms with Crippen molar-refractivity contribution in [3.05, 3.63) is 24.3 Å². The monoisotopic (exact) mass is 271 g/mol. The summed E-state index contributed by atoms with van der Waals surface area (Å²) >= 11 is 0. The van der Waals surface area contributed by atoms with Crippen molar-refractivity contribution >= 4 is 15.7 Å². The van der Waals surface area contributed by atoms with Crippen molar-refractivity contribution in [2.45, 2.75) is 27.7 Å². The fourth-order valence-electron chi connectivity index (χ4n) is 1.81. The van der Waals surface area contributed by atoms with E-state index in [1.165, 1.54) is 16.4 Å². The van der Waals surface area contributed by atoms with Crippen molar-refractivity contribution < 1.29 is 13.5 Å². The van der Waals surface area contributed by atoms with Crippen LogP contribution in [0.2, 0.25) is 0 Å². The third kappa shape index (κ3) is 3.91. The lowest BCUT2D eigenvalue weighted by Crippen LogP contribution is -2.36. The molecule has 0 aliphatic rings. The zero-order valence-electron chi connectivity index (χ0n) is 11.3. The van der Waals surface area contributed by atoms with Crippen molar-refractivity contribution in [1.82, 2.24) is 0 Å². The fourth-order valence-corrected chi connectivity index (χ4v) is 3.89. The minimum absolute atomic E-state index is 0.0666. The van der Waals surface area contributed by atoms with Gasteiger partial charge in [0.05, 0.1) is 11.4 Å². The van der Waals surface area contributed by atoms with Crippen LogP contribution in [0.15, 0.2) is 24.3 Å². The Balaban J connectivity index is 3.11. The second kappa shape index (κ2) is 5.18. The number of phenolic OH excluding ortho intramolecular Hbond substituents is 1. The number of anilines is 1. The Kier molecular flexibility index (Phi) is 4.27. The highest BCUT2D eigenvalue weighted by molar-refractivity contribution is 7.92. The average molecular weight is 271 g/mol. The topological polar surface area (TPSA) is 57.6 Å². The molecule has 4 nitrogen and oxygen atoms in total. The van der Waals surface area contributed by atoms with E-state index < -0.39 is 10.0 Å². The van der Waals surface area contributed by atoms with Crippen molar-refractivity contribution in [3.63, 3.8) is 0 Å². The van der Waals surface area contributed by atoms with Gasteiger partial charge in [0.2, 0.25) is 10.0 Å². The van der Waals surface area contributed by atoms with Crippen LogP contribution in [-0.2, 0) is 10.0 Å². The Morgan fingerprint density at radius 1 is 1.28 bits per heavy atom.